The van der Waals surface area contributed by atoms with Crippen LogP contribution in [-0.2, 0) is 6.54 Å². The molecule has 186 valence electrons. The van der Waals surface area contributed by atoms with Gasteiger partial charge in [0.1, 0.15) is 23.7 Å². The van der Waals surface area contributed by atoms with Crippen LogP contribution in [0.4, 0.5) is 23.5 Å². The lowest BCUT2D eigenvalue weighted by Crippen LogP contribution is -2.32. The van der Waals surface area contributed by atoms with Crippen LogP contribution < -0.4 is 15.2 Å². The number of amides is 1. The molecule has 3 aromatic heterocycles. The van der Waals surface area contributed by atoms with Gasteiger partial charge in [-0.15, -0.1) is 18.3 Å². The lowest BCUT2D eigenvalue weighted by Gasteiger charge is -2.21. The number of fused-ring (bicyclic) bond motifs is 2. The van der Waals surface area contributed by atoms with Gasteiger partial charge < -0.3 is 20.1 Å². The summed E-state index contributed by atoms with van der Waals surface area (Å²) < 4.78 is 63.2. The number of ether oxygens (including phenoxy) is 2. The van der Waals surface area contributed by atoms with Gasteiger partial charge in [0.05, 0.1) is 6.54 Å². The molecule has 0 saturated carbocycles. The molecular weight excluding hydrogens is 484 g/mol. The Morgan fingerprint density at radius 3 is 2.72 bits per heavy atom. The molecule has 1 amide bonds. The van der Waals surface area contributed by atoms with Gasteiger partial charge in [-0.3, -0.25) is 4.79 Å². The molecule has 5 rings (SSSR count). The summed E-state index contributed by atoms with van der Waals surface area (Å²) in [7, 11) is 0. The number of aryl methyl sites for hydroxylation is 1. The number of carbonyl (C=O) groups is 1. The Morgan fingerprint density at radius 2 is 1.94 bits per heavy atom. The fourth-order valence-electron chi connectivity index (χ4n) is 3.96. The Balaban J connectivity index is 1.48. The first-order chi connectivity index (χ1) is 17.1. The molecule has 36 heavy (non-hydrogen) atoms. The zero-order valence-corrected chi connectivity index (χ0v) is 18.7. The summed E-state index contributed by atoms with van der Waals surface area (Å²) >= 11 is 0. The number of nitrogen functional groups attached to an aromatic ring is 1. The van der Waals surface area contributed by atoms with E-state index in [-0.39, 0.29) is 42.7 Å². The molecule has 0 bridgehead atoms. The third-order valence-electron chi connectivity index (χ3n) is 5.57. The summed E-state index contributed by atoms with van der Waals surface area (Å²) in [6.07, 6.45) is -3.26. The van der Waals surface area contributed by atoms with Gasteiger partial charge in [-0.25, -0.2) is 13.9 Å². The minimum absolute atomic E-state index is 0.0653. The average molecular weight is 502 g/mol. The minimum Gasteiger partial charge on any atom is -0.475 e. The van der Waals surface area contributed by atoms with Gasteiger partial charge >= 0.3 is 6.36 Å². The molecule has 4 heterocycles. The largest absolute Gasteiger partial charge is 0.573 e. The van der Waals surface area contributed by atoms with Crippen LogP contribution >= 0.6 is 0 Å². The maximum absolute atomic E-state index is 14.4. The van der Waals surface area contributed by atoms with Crippen molar-refractivity contribution in [1.29, 1.82) is 0 Å². The van der Waals surface area contributed by atoms with Crippen LogP contribution in [-0.4, -0.2) is 49.9 Å². The van der Waals surface area contributed by atoms with Crippen molar-refractivity contribution in [2.24, 2.45) is 0 Å². The molecule has 0 radical (unpaired) electrons. The highest BCUT2D eigenvalue weighted by Crippen LogP contribution is 2.32. The summed E-state index contributed by atoms with van der Waals surface area (Å²) in [6, 6.07) is 7.76. The molecule has 9 nitrogen and oxygen atoms in total. The molecule has 0 unspecified atom stereocenters. The number of rotatable bonds is 4. The van der Waals surface area contributed by atoms with Crippen molar-refractivity contribution in [2.75, 3.05) is 18.9 Å². The standard InChI is InChI=1S/C23H18F4N6O3/c1-12-16(13-4-5-33-19(9-13)30-22(28)31-33)10-17-20(29-12)35-7-6-32(21(17)34)11-14-8-15(2-3-18(14)24)36-23(25,26)27/h2-5,8-10H,6-7,11H2,1H3,(H2,28,31). The van der Waals surface area contributed by atoms with E-state index in [0.29, 0.717) is 22.5 Å². The van der Waals surface area contributed by atoms with Crippen LogP contribution in [0.25, 0.3) is 16.8 Å². The third kappa shape index (κ3) is 4.59. The predicted molar refractivity (Wildman–Crippen MR) is 119 cm³/mol. The van der Waals surface area contributed by atoms with Crippen molar-refractivity contribution >= 4 is 17.5 Å². The smallest absolute Gasteiger partial charge is 0.475 e. The van der Waals surface area contributed by atoms with E-state index in [1.807, 2.05) is 0 Å². The Labute approximate surface area is 201 Å². The molecule has 13 heteroatoms. The number of alkyl halides is 3. The zero-order chi connectivity index (χ0) is 25.6. The zero-order valence-electron chi connectivity index (χ0n) is 18.7. The van der Waals surface area contributed by atoms with E-state index in [4.69, 9.17) is 10.5 Å². The second kappa shape index (κ2) is 8.66. The van der Waals surface area contributed by atoms with Gasteiger partial charge in [0.15, 0.2) is 5.65 Å². The number of anilines is 1. The number of aromatic nitrogens is 4. The van der Waals surface area contributed by atoms with Gasteiger partial charge in [-0.2, -0.15) is 4.98 Å². The van der Waals surface area contributed by atoms with E-state index in [9.17, 15) is 22.4 Å². The summed E-state index contributed by atoms with van der Waals surface area (Å²) in [6.45, 7) is 1.60. The molecule has 0 atom stereocenters. The summed E-state index contributed by atoms with van der Waals surface area (Å²) in [5, 5.41) is 4.03. The molecule has 1 aromatic carbocycles. The van der Waals surface area contributed by atoms with Crippen LogP contribution in [0.2, 0.25) is 0 Å². The highest BCUT2D eigenvalue weighted by atomic mass is 19.4. The number of carbonyl (C=O) groups excluding carboxylic acids is 1. The summed E-state index contributed by atoms with van der Waals surface area (Å²) in [5.74, 6) is -1.63. The number of nitrogens with zero attached hydrogens (tertiary/aromatic N) is 5. The number of benzene rings is 1. The Morgan fingerprint density at radius 1 is 1.14 bits per heavy atom. The van der Waals surface area contributed by atoms with Crippen molar-refractivity contribution in [1.82, 2.24) is 24.5 Å². The summed E-state index contributed by atoms with van der Waals surface area (Å²) in [4.78, 5) is 23.3. The number of pyridine rings is 2. The maximum atomic E-state index is 14.4. The Kier molecular flexibility index (Phi) is 5.61. The number of hydrogen-bond acceptors (Lipinski definition) is 7. The highest BCUT2D eigenvalue weighted by molar-refractivity contribution is 5.98. The molecule has 4 aromatic rings. The molecule has 1 aliphatic heterocycles. The van der Waals surface area contributed by atoms with Gasteiger partial charge in [-0.1, -0.05) is 0 Å². The average Bonchev–Trinajstić information content (AvgIpc) is 3.11. The first-order valence-electron chi connectivity index (χ1n) is 10.7. The molecule has 0 aliphatic carbocycles. The molecule has 0 fully saturated rings. The van der Waals surface area contributed by atoms with Crippen LogP contribution in [0.1, 0.15) is 21.6 Å². The third-order valence-corrected chi connectivity index (χ3v) is 5.57. The van der Waals surface area contributed by atoms with Crippen molar-refractivity contribution in [3.63, 3.8) is 0 Å². The number of halogens is 4. The molecule has 1 aliphatic rings. The number of hydrogen-bond donors (Lipinski definition) is 1. The van der Waals surface area contributed by atoms with Crippen LogP contribution in [0.15, 0.2) is 42.6 Å². The van der Waals surface area contributed by atoms with Crippen molar-refractivity contribution in [3.05, 3.63) is 65.2 Å². The maximum Gasteiger partial charge on any atom is 0.573 e. The first-order valence-corrected chi connectivity index (χ1v) is 10.7. The number of nitrogens with two attached hydrogens (primary N) is 1. The minimum atomic E-state index is -4.93. The lowest BCUT2D eigenvalue weighted by atomic mass is 10.0. The summed E-state index contributed by atoms with van der Waals surface area (Å²) in [5.41, 5.74) is 8.08. The van der Waals surface area contributed by atoms with Crippen LogP contribution in [0.3, 0.4) is 0 Å². The molecule has 2 N–H and O–H groups in total. The monoisotopic (exact) mass is 502 g/mol. The highest BCUT2D eigenvalue weighted by Gasteiger charge is 2.32. The van der Waals surface area contributed by atoms with Crippen molar-refractivity contribution < 1.29 is 31.8 Å². The van der Waals surface area contributed by atoms with Gasteiger partial charge in [-0.05, 0) is 48.9 Å². The first kappa shape index (κ1) is 23.3. The van der Waals surface area contributed by atoms with Gasteiger partial charge in [0.25, 0.3) is 5.91 Å². The predicted octanol–water partition coefficient (Wildman–Crippen LogP) is 3.75. The quantitative estimate of drug-likeness (QED) is 0.424. The van der Waals surface area contributed by atoms with E-state index in [1.54, 1.807) is 31.3 Å². The van der Waals surface area contributed by atoms with Gasteiger partial charge in [0, 0.05) is 29.6 Å². The van der Waals surface area contributed by atoms with E-state index in [2.05, 4.69) is 19.8 Å². The fraction of sp³-hybridized carbons (Fsp3) is 0.217. The molecule has 0 saturated heterocycles. The normalized spacial score (nSPS) is 13.9. The van der Waals surface area contributed by atoms with Crippen LogP contribution in [0, 0.1) is 12.7 Å². The Bertz CT molecular complexity index is 1490. The molecule has 0 spiro atoms. The van der Waals surface area contributed by atoms with Crippen LogP contribution in [0.5, 0.6) is 11.6 Å². The van der Waals surface area contributed by atoms with E-state index in [1.165, 1.54) is 9.42 Å². The molecular formula is C23H18F4N6O3. The fourth-order valence-corrected chi connectivity index (χ4v) is 3.96. The topological polar surface area (TPSA) is 108 Å². The van der Waals surface area contributed by atoms with Crippen molar-refractivity contribution in [2.45, 2.75) is 19.8 Å². The van der Waals surface area contributed by atoms with Crippen molar-refractivity contribution in [3.8, 4) is 22.8 Å². The van der Waals surface area contributed by atoms with E-state index in [0.717, 1.165) is 18.2 Å². The second-order valence-corrected chi connectivity index (χ2v) is 8.04. The Hall–Kier alpha value is -4.42. The second-order valence-electron chi connectivity index (χ2n) is 8.04. The van der Waals surface area contributed by atoms with E-state index >= 15 is 0 Å². The lowest BCUT2D eigenvalue weighted by molar-refractivity contribution is -0.274. The van der Waals surface area contributed by atoms with Gasteiger partial charge in [0.2, 0.25) is 11.8 Å². The SMILES string of the molecule is Cc1nc2c(cc1-c1ccn3nc(N)nc3c1)C(=O)N(Cc1cc(OC(F)(F)F)ccc1F)CCO2. The van der Waals surface area contributed by atoms with E-state index < -0.39 is 23.8 Å².